The number of aromatic nitrogens is 1. The van der Waals surface area contributed by atoms with E-state index >= 15 is 0 Å². The maximum Gasteiger partial charge on any atom is 0.349 e. The number of urea groups is 1. The minimum atomic E-state index is -0.178. The number of nitrogen functional groups attached to an aromatic ring is 1. The Morgan fingerprint density at radius 3 is 2.29 bits per heavy atom. The van der Waals surface area contributed by atoms with E-state index in [1.165, 1.54) is 19.3 Å². The van der Waals surface area contributed by atoms with Gasteiger partial charge in [-0.05, 0) is 78.1 Å². The van der Waals surface area contributed by atoms with E-state index in [-0.39, 0.29) is 6.03 Å². The average molecular weight is 502 g/mol. The molecule has 2 heterocycles. The van der Waals surface area contributed by atoms with Gasteiger partial charge in [0, 0.05) is 29.6 Å². The van der Waals surface area contributed by atoms with E-state index in [0.717, 1.165) is 52.2 Å². The standard InChI is InChI=1S/C32H31N5O/c33-27-12-14-28(15-13-27)37-30-16-11-26(24-17-19-34-20-18-24)21-29(30)31(25-9-5-2-6-10-25)35-36(32(37)38)22-23-7-3-1-4-8-23/h1,3-4,7-8,11-21,25H,2,5-6,9-10,22,33H2. The fourth-order valence-electron chi connectivity index (χ4n) is 5.52. The van der Waals surface area contributed by atoms with E-state index in [2.05, 4.69) is 23.2 Å². The number of hydrogen-bond acceptors (Lipinski definition) is 4. The van der Waals surface area contributed by atoms with Crippen LogP contribution in [0.4, 0.5) is 21.9 Å². The van der Waals surface area contributed by atoms with Gasteiger partial charge in [-0.25, -0.2) is 9.80 Å². The Labute approximate surface area is 223 Å². The van der Waals surface area contributed by atoms with Crippen LogP contribution < -0.4 is 10.6 Å². The SMILES string of the molecule is Nc1ccc(N2C(=O)N(Cc3ccccc3)N=C(C3CCCCC3)c3cc(-c4ccncc4)ccc32)cc1. The summed E-state index contributed by atoms with van der Waals surface area (Å²) < 4.78 is 0. The van der Waals surface area contributed by atoms with Crippen molar-refractivity contribution in [1.29, 1.82) is 0 Å². The molecule has 6 nitrogen and oxygen atoms in total. The summed E-state index contributed by atoms with van der Waals surface area (Å²) in [5.74, 6) is 0.299. The van der Waals surface area contributed by atoms with Gasteiger partial charge in [0.1, 0.15) is 0 Å². The number of benzene rings is 3. The molecule has 4 aromatic rings. The molecule has 1 fully saturated rings. The number of carbonyl (C=O) groups excluding carboxylic acids is 1. The summed E-state index contributed by atoms with van der Waals surface area (Å²) in [6.07, 6.45) is 9.37. The number of pyridine rings is 1. The first-order valence-electron chi connectivity index (χ1n) is 13.3. The van der Waals surface area contributed by atoms with Crippen molar-refractivity contribution in [3.63, 3.8) is 0 Å². The first-order valence-corrected chi connectivity index (χ1v) is 13.3. The highest BCUT2D eigenvalue weighted by Gasteiger charge is 2.34. The number of amides is 2. The second-order valence-electron chi connectivity index (χ2n) is 10.0. The summed E-state index contributed by atoms with van der Waals surface area (Å²) >= 11 is 0. The predicted octanol–water partition coefficient (Wildman–Crippen LogP) is 7.39. The Morgan fingerprint density at radius 2 is 1.55 bits per heavy atom. The number of fused-ring (bicyclic) bond motifs is 1. The van der Waals surface area contributed by atoms with Crippen molar-refractivity contribution in [2.75, 3.05) is 10.6 Å². The molecule has 2 N–H and O–H groups in total. The Balaban J connectivity index is 1.55. The molecule has 0 unspecified atom stereocenters. The zero-order valence-corrected chi connectivity index (χ0v) is 21.3. The highest BCUT2D eigenvalue weighted by Crippen LogP contribution is 2.39. The van der Waals surface area contributed by atoms with E-state index in [0.29, 0.717) is 18.2 Å². The second-order valence-corrected chi connectivity index (χ2v) is 10.0. The summed E-state index contributed by atoms with van der Waals surface area (Å²) in [7, 11) is 0. The number of nitrogens with zero attached hydrogens (tertiary/aromatic N) is 4. The molecule has 38 heavy (non-hydrogen) atoms. The van der Waals surface area contributed by atoms with Crippen molar-refractivity contribution in [3.05, 3.63) is 108 Å². The largest absolute Gasteiger partial charge is 0.399 e. The lowest BCUT2D eigenvalue weighted by Crippen LogP contribution is -2.36. The van der Waals surface area contributed by atoms with Gasteiger partial charge in [-0.15, -0.1) is 0 Å². The first kappa shape index (κ1) is 23.9. The Bertz CT molecular complexity index is 1440. The molecule has 0 spiro atoms. The number of hydrazone groups is 1. The lowest BCUT2D eigenvalue weighted by Gasteiger charge is -2.27. The summed E-state index contributed by atoms with van der Waals surface area (Å²) in [5, 5.41) is 6.81. The molecule has 1 aliphatic carbocycles. The van der Waals surface area contributed by atoms with Gasteiger partial charge < -0.3 is 5.73 Å². The second kappa shape index (κ2) is 10.5. The molecule has 6 heteroatoms. The third kappa shape index (κ3) is 4.77. The van der Waals surface area contributed by atoms with Crippen LogP contribution in [0.25, 0.3) is 11.1 Å². The fraction of sp³-hybridized carbons (Fsp3) is 0.219. The van der Waals surface area contributed by atoms with Crippen molar-refractivity contribution >= 4 is 28.8 Å². The predicted molar refractivity (Wildman–Crippen MR) is 153 cm³/mol. The monoisotopic (exact) mass is 501 g/mol. The van der Waals surface area contributed by atoms with Gasteiger partial charge in [-0.2, -0.15) is 5.10 Å². The van der Waals surface area contributed by atoms with Crippen LogP contribution >= 0.6 is 0 Å². The van der Waals surface area contributed by atoms with E-state index in [1.807, 2.05) is 79.1 Å². The van der Waals surface area contributed by atoms with Gasteiger partial charge in [0.2, 0.25) is 0 Å². The van der Waals surface area contributed by atoms with Crippen LogP contribution in [0.5, 0.6) is 0 Å². The van der Waals surface area contributed by atoms with Crippen molar-refractivity contribution in [3.8, 4) is 11.1 Å². The van der Waals surface area contributed by atoms with Gasteiger partial charge in [0.25, 0.3) is 0 Å². The molecule has 1 saturated carbocycles. The first-order chi connectivity index (χ1) is 18.7. The van der Waals surface area contributed by atoms with Crippen molar-refractivity contribution in [2.24, 2.45) is 11.0 Å². The fourth-order valence-corrected chi connectivity index (χ4v) is 5.52. The Hall–Kier alpha value is -4.45. The normalized spacial score (nSPS) is 16.1. The van der Waals surface area contributed by atoms with Crippen LogP contribution in [0.3, 0.4) is 0 Å². The highest BCUT2D eigenvalue weighted by molar-refractivity contribution is 6.14. The topological polar surface area (TPSA) is 74.8 Å². The molecule has 1 aromatic heterocycles. The van der Waals surface area contributed by atoms with Crippen LogP contribution in [0.1, 0.15) is 43.2 Å². The molecule has 2 amide bonds. The summed E-state index contributed by atoms with van der Waals surface area (Å²) in [5.41, 5.74) is 13.5. The minimum Gasteiger partial charge on any atom is -0.399 e. The van der Waals surface area contributed by atoms with E-state index < -0.39 is 0 Å². The maximum atomic E-state index is 14.3. The van der Waals surface area contributed by atoms with Gasteiger partial charge in [0.15, 0.2) is 0 Å². The minimum absolute atomic E-state index is 0.178. The van der Waals surface area contributed by atoms with Gasteiger partial charge in [-0.3, -0.25) is 9.88 Å². The average Bonchev–Trinajstić information content (AvgIpc) is 3.09. The molecule has 1 aliphatic heterocycles. The lowest BCUT2D eigenvalue weighted by atomic mass is 9.82. The van der Waals surface area contributed by atoms with Gasteiger partial charge in [-0.1, -0.05) is 55.7 Å². The zero-order valence-electron chi connectivity index (χ0n) is 21.3. The number of nitrogens with two attached hydrogens (primary N) is 1. The van der Waals surface area contributed by atoms with Crippen molar-refractivity contribution < 1.29 is 4.79 Å². The third-order valence-electron chi connectivity index (χ3n) is 7.49. The van der Waals surface area contributed by atoms with Crippen LogP contribution in [0.2, 0.25) is 0 Å². The molecule has 2 aliphatic rings. The summed E-state index contributed by atoms with van der Waals surface area (Å²) in [6.45, 7) is 0.395. The highest BCUT2D eigenvalue weighted by atomic mass is 16.2. The van der Waals surface area contributed by atoms with Crippen LogP contribution in [-0.2, 0) is 6.54 Å². The maximum absolute atomic E-state index is 14.3. The van der Waals surface area contributed by atoms with Crippen molar-refractivity contribution in [2.45, 2.75) is 38.6 Å². The number of rotatable bonds is 5. The van der Waals surface area contributed by atoms with E-state index in [4.69, 9.17) is 10.8 Å². The number of hydrogen-bond donors (Lipinski definition) is 1. The smallest absolute Gasteiger partial charge is 0.349 e. The molecule has 0 atom stereocenters. The zero-order chi connectivity index (χ0) is 25.9. The van der Waals surface area contributed by atoms with E-state index in [9.17, 15) is 4.79 Å². The molecule has 3 aromatic carbocycles. The third-order valence-corrected chi connectivity index (χ3v) is 7.49. The number of carbonyl (C=O) groups is 1. The van der Waals surface area contributed by atoms with Crippen LogP contribution in [0, 0.1) is 5.92 Å². The lowest BCUT2D eigenvalue weighted by molar-refractivity contribution is 0.207. The van der Waals surface area contributed by atoms with E-state index in [1.54, 1.807) is 9.91 Å². The Morgan fingerprint density at radius 1 is 0.816 bits per heavy atom. The molecule has 0 bridgehead atoms. The molecule has 190 valence electrons. The summed E-state index contributed by atoms with van der Waals surface area (Å²) in [4.78, 5) is 20.3. The van der Waals surface area contributed by atoms with Crippen LogP contribution in [-0.4, -0.2) is 21.7 Å². The van der Waals surface area contributed by atoms with Crippen molar-refractivity contribution in [1.82, 2.24) is 9.99 Å². The molecule has 0 saturated heterocycles. The quantitative estimate of drug-likeness (QED) is 0.290. The molecular weight excluding hydrogens is 470 g/mol. The van der Waals surface area contributed by atoms with Crippen LogP contribution in [0.15, 0.2) is 102 Å². The number of anilines is 3. The Kier molecular flexibility index (Phi) is 6.61. The molecule has 6 rings (SSSR count). The summed E-state index contributed by atoms with van der Waals surface area (Å²) in [6, 6.07) is 27.7. The molecule has 0 radical (unpaired) electrons. The van der Waals surface area contributed by atoms with Gasteiger partial charge in [0.05, 0.1) is 23.6 Å². The van der Waals surface area contributed by atoms with Gasteiger partial charge >= 0.3 is 6.03 Å². The molecular formula is C32H31N5O.